The summed E-state index contributed by atoms with van der Waals surface area (Å²) in [6.45, 7) is 9.17. The molecule has 0 saturated heterocycles. The number of hydrogen-bond donors (Lipinski definition) is 1. The van der Waals surface area contributed by atoms with Crippen molar-refractivity contribution >= 4 is 51.6 Å². The molecule has 1 unspecified atom stereocenters. The topological polar surface area (TPSA) is 15.4 Å². The molecule has 0 aliphatic rings. The number of aryl methyl sites for hydroxylation is 3. The molecule has 2 aromatic heterocycles. The van der Waals surface area contributed by atoms with E-state index in [0.29, 0.717) is 0 Å². The van der Waals surface area contributed by atoms with Crippen LogP contribution in [0.2, 0.25) is 0 Å². The van der Waals surface area contributed by atoms with Gasteiger partial charge in [-0.05, 0) is 54.5 Å². The van der Waals surface area contributed by atoms with Crippen molar-refractivity contribution in [2.45, 2.75) is 45.7 Å². The molecule has 0 amide bonds. The molecule has 0 bridgehead atoms. The predicted octanol–water partition coefficient (Wildman–Crippen LogP) is 7.21. The average molecular weight is 726 g/mol. The molecule has 0 spiro atoms. The fourth-order valence-electron chi connectivity index (χ4n) is 6.00. The number of benzene rings is 2. The molecule has 0 radical (unpaired) electrons. The van der Waals surface area contributed by atoms with E-state index in [1.807, 2.05) is 0 Å². The SMILES string of the molecule is Cc1ccc(C=Cc2cccc[n+]2CCCC[N+](C)(C)CCSSCC[NH+](C)CCCC[n+]2ccccc2C=Cc2ccc(N(C)C)cc2)cc1. The van der Waals surface area contributed by atoms with Crippen molar-refractivity contribution in [3.05, 3.63) is 125 Å². The summed E-state index contributed by atoms with van der Waals surface area (Å²) in [5, 5.41) is 0. The van der Waals surface area contributed by atoms with Gasteiger partial charge in [-0.1, -0.05) is 63.5 Å². The highest BCUT2D eigenvalue weighted by molar-refractivity contribution is 8.76. The Morgan fingerprint density at radius 1 is 0.627 bits per heavy atom. The Bertz CT molecular complexity index is 1630. The van der Waals surface area contributed by atoms with E-state index in [1.54, 1.807) is 4.90 Å². The second-order valence-electron chi connectivity index (χ2n) is 14.6. The van der Waals surface area contributed by atoms with Crippen LogP contribution in [0, 0.1) is 6.92 Å². The highest BCUT2D eigenvalue weighted by Gasteiger charge is 2.16. The minimum atomic E-state index is 1.06. The smallest absolute Gasteiger partial charge is 0.205 e. The maximum Gasteiger partial charge on any atom is 0.205 e. The van der Waals surface area contributed by atoms with Crippen LogP contribution in [-0.2, 0) is 13.1 Å². The van der Waals surface area contributed by atoms with Crippen LogP contribution in [0.15, 0.2) is 97.3 Å². The first-order valence-electron chi connectivity index (χ1n) is 18.7. The Balaban J connectivity index is 1.04. The third-order valence-electron chi connectivity index (χ3n) is 9.47. The molecule has 4 aromatic rings. The van der Waals surface area contributed by atoms with Crippen LogP contribution < -0.4 is 18.9 Å². The Kier molecular flexibility index (Phi) is 17.3. The molecule has 0 aliphatic heterocycles. The summed E-state index contributed by atoms with van der Waals surface area (Å²) in [7, 11) is 15.4. The van der Waals surface area contributed by atoms with Gasteiger partial charge in [0.2, 0.25) is 11.4 Å². The molecule has 4 rings (SSSR count). The lowest BCUT2D eigenvalue weighted by Gasteiger charge is -2.29. The molecule has 0 aliphatic carbocycles. The van der Waals surface area contributed by atoms with Gasteiger partial charge < -0.3 is 14.3 Å². The van der Waals surface area contributed by atoms with Crippen molar-refractivity contribution in [3.63, 3.8) is 0 Å². The summed E-state index contributed by atoms with van der Waals surface area (Å²) in [6, 6.07) is 30.4. The maximum atomic E-state index is 2.39. The van der Waals surface area contributed by atoms with Crippen molar-refractivity contribution in [3.8, 4) is 0 Å². The molecule has 5 nitrogen and oxygen atoms in total. The van der Waals surface area contributed by atoms with Crippen LogP contribution in [-0.4, -0.2) is 77.4 Å². The number of anilines is 1. The number of quaternary nitrogens is 2. The van der Waals surface area contributed by atoms with E-state index >= 15 is 0 Å². The monoisotopic (exact) mass is 725 g/mol. The Morgan fingerprint density at radius 2 is 1.18 bits per heavy atom. The Morgan fingerprint density at radius 3 is 1.76 bits per heavy atom. The molecule has 1 N–H and O–H groups in total. The standard InChI is InChI=1S/C44H62N5S2/c1-39-17-19-40(20-18-39)23-27-44-16-8-10-31-48(44)33-13-14-35-49(5,6)36-38-51-50-37-34-46(4)29-11-12-32-47-30-9-7-15-43(47)28-24-41-21-25-42(26-22-41)45(2)3/h7-10,15-28,30-31H,11-14,29,32-38H2,1-6H3/q+3/p+1. The van der Waals surface area contributed by atoms with Gasteiger partial charge in [-0.3, -0.25) is 0 Å². The van der Waals surface area contributed by atoms with Gasteiger partial charge in [0.05, 0.1) is 58.8 Å². The molecular formula is C44H63N5S2+4. The molecule has 1 atom stereocenters. The number of pyridine rings is 2. The van der Waals surface area contributed by atoms with Crippen molar-refractivity contribution in [1.82, 2.24) is 0 Å². The minimum Gasteiger partial charge on any atom is -0.378 e. The van der Waals surface area contributed by atoms with Gasteiger partial charge in [0, 0.05) is 81.9 Å². The quantitative estimate of drug-likeness (QED) is 0.0400. The van der Waals surface area contributed by atoms with Gasteiger partial charge >= 0.3 is 0 Å². The zero-order chi connectivity index (χ0) is 36.3. The number of nitrogens with one attached hydrogen (secondary N) is 1. The molecule has 0 fully saturated rings. The lowest BCUT2D eigenvalue weighted by atomic mass is 10.1. The van der Waals surface area contributed by atoms with Gasteiger partial charge in [-0.25, -0.2) is 0 Å². The Hall–Kier alpha value is -3.36. The Labute approximate surface area is 317 Å². The van der Waals surface area contributed by atoms with E-state index in [2.05, 4.69) is 199 Å². The highest BCUT2D eigenvalue weighted by atomic mass is 33.1. The molecule has 0 saturated carbocycles. The van der Waals surface area contributed by atoms with Crippen molar-refractivity contribution in [2.24, 2.45) is 0 Å². The van der Waals surface area contributed by atoms with E-state index in [9.17, 15) is 0 Å². The van der Waals surface area contributed by atoms with Gasteiger partial charge in [-0.2, -0.15) is 9.13 Å². The van der Waals surface area contributed by atoms with Crippen molar-refractivity contribution in [1.29, 1.82) is 0 Å². The van der Waals surface area contributed by atoms with E-state index < -0.39 is 0 Å². The zero-order valence-corrected chi connectivity index (χ0v) is 33.8. The summed E-state index contributed by atoms with van der Waals surface area (Å²) in [5.41, 5.74) is 7.52. The third-order valence-corrected chi connectivity index (χ3v) is 11.9. The van der Waals surface area contributed by atoms with Crippen LogP contribution in [0.4, 0.5) is 5.69 Å². The largest absolute Gasteiger partial charge is 0.378 e. The third kappa shape index (κ3) is 15.4. The highest BCUT2D eigenvalue weighted by Crippen LogP contribution is 2.21. The predicted molar refractivity (Wildman–Crippen MR) is 225 cm³/mol. The molecule has 51 heavy (non-hydrogen) atoms. The first-order valence-corrected chi connectivity index (χ1v) is 21.2. The van der Waals surface area contributed by atoms with Crippen molar-refractivity contribution in [2.75, 3.05) is 77.8 Å². The average Bonchev–Trinajstić information content (AvgIpc) is 3.13. The van der Waals surface area contributed by atoms with E-state index in [1.165, 1.54) is 97.1 Å². The van der Waals surface area contributed by atoms with Gasteiger partial charge in [-0.15, -0.1) is 0 Å². The fourth-order valence-corrected chi connectivity index (χ4v) is 8.42. The van der Waals surface area contributed by atoms with E-state index in [4.69, 9.17) is 0 Å². The molecule has 272 valence electrons. The summed E-state index contributed by atoms with van der Waals surface area (Å²) in [5.74, 6) is 2.43. The summed E-state index contributed by atoms with van der Waals surface area (Å²) < 4.78 is 5.87. The van der Waals surface area contributed by atoms with Crippen LogP contribution in [0.1, 0.15) is 53.8 Å². The first-order chi connectivity index (χ1) is 24.7. The second-order valence-corrected chi connectivity index (χ2v) is 17.3. The summed E-state index contributed by atoms with van der Waals surface area (Å²) in [4.78, 5) is 3.78. The minimum absolute atomic E-state index is 1.06. The fraction of sp³-hybridized carbons (Fsp3) is 0.409. The maximum absolute atomic E-state index is 2.39. The van der Waals surface area contributed by atoms with Crippen LogP contribution in [0.5, 0.6) is 0 Å². The van der Waals surface area contributed by atoms with E-state index in [-0.39, 0.29) is 0 Å². The summed E-state index contributed by atoms with van der Waals surface area (Å²) >= 11 is 0. The van der Waals surface area contributed by atoms with Crippen LogP contribution in [0.3, 0.4) is 0 Å². The molecule has 7 heteroatoms. The molecular weight excluding hydrogens is 663 g/mol. The number of hydrogen-bond acceptors (Lipinski definition) is 3. The van der Waals surface area contributed by atoms with Gasteiger partial charge in [0.15, 0.2) is 12.4 Å². The van der Waals surface area contributed by atoms with Gasteiger partial charge in [0.1, 0.15) is 13.1 Å². The number of unbranched alkanes of at least 4 members (excludes halogenated alkanes) is 2. The molecule has 2 aromatic carbocycles. The van der Waals surface area contributed by atoms with Crippen molar-refractivity contribution < 1.29 is 18.5 Å². The van der Waals surface area contributed by atoms with Crippen LogP contribution >= 0.6 is 21.6 Å². The van der Waals surface area contributed by atoms with E-state index in [0.717, 1.165) is 17.6 Å². The lowest BCUT2D eigenvalue weighted by molar-refractivity contribution is -0.888. The van der Waals surface area contributed by atoms with Crippen LogP contribution in [0.25, 0.3) is 24.3 Å². The summed E-state index contributed by atoms with van der Waals surface area (Å²) in [6.07, 6.45) is 18.2. The lowest BCUT2D eigenvalue weighted by Crippen LogP contribution is -3.09. The zero-order valence-electron chi connectivity index (χ0n) is 32.1. The van der Waals surface area contributed by atoms with Gasteiger partial charge in [0.25, 0.3) is 0 Å². The number of aromatic nitrogens is 2. The number of nitrogens with zero attached hydrogens (tertiary/aromatic N) is 4. The molecule has 2 heterocycles. The first kappa shape index (κ1) is 40.4. The second kappa shape index (κ2) is 21.9. The normalized spacial score (nSPS) is 12.6. The number of rotatable bonds is 22.